The lowest BCUT2D eigenvalue weighted by molar-refractivity contribution is -0.0705. The van der Waals surface area contributed by atoms with Crippen LogP contribution >= 0.6 is 24.0 Å². The van der Waals surface area contributed by atoms with Gasteiger partial charge >= 0.3 is 0 Å². The fraction of sp³-hybridized carbons (Fsp3) is 0.650. The van der Waals surface area contributed by atoms with E-state index >= 15 is 0 Å². The number of benzene rings is 1. The number of nitrogens with zero attached hydrogens (tertiary/aromatic N) is 2. The van der Waals surface area contributed by atoms with Crippen molar-refractivity contribution in [1.82, 2.24) is 15.5 Å². The van der Waals surface area contributed by atoms with E-state index in [0.29, 0.717) is 24.8 Å². The molecule has 1 aliphatic carbocycles. The van der Waals surface area contributed by atoms with Gasteiger partial charge in [-0.15, -0.1) is 24.0 Å². The van der Waals surface area contributed by atoms with Gasteiger partial charge in [-0.1, -0.05) is 24.3 Å². The highest BCUT2D eigenvalue weighted by Crippen LogP contribution is 2.19. The van der Waals surface area contributed by atoms with Gasteiger partial charge in [-0.3, -0.25) is 4.90 Å². The zero-order chi connectivity index (χ0) is 17.6. The first-order valence-electron chi connectivity index (χ1n) is 9.63. The summed E-state index contributed by atoms with van der Waals surface area (Å²) in [6.45, 7) is 11.0. The van der Waals surface area contributed by atoms with Gasteiger partial charge in [0.15, 0.2) is 5.96 Å². The number of guanidine groups is 1. The van der Waals surface area contributed by atoms with Crippen molar-refractivity contribution in [3.8, 4) is 0 Å². The predicted molar refractivity (Wildman–Crippen MR) is 118 cm³/mol. The second-order valence-corrected chi connectivity index (χ2v) is 7.33. The Hall–Kier alpha value is -0.860. The number of hydrogen-bond acceptors (Lipinski definition) is 3. The zero-order valence-corrected chi connectivity index (χ0v) is 18.5. The summed E-state index contributed by atoms with van der Waals surface area (Å²) in [6.07, 6.45) is 3.12. The minimum absolute atomic E-state index is 0. The van der Waals surface area contributed by atoms with Crippen molar-refractivity contribution in [3.05, 3.63) is 35.4 Å². The summed E-state index contributed by atoms with van der Waals surface area (Å²) < 4.78 is 5.85. The van der Waals surface area contributed by atoms with Crippen LogP contribution in [0.25, 0.3) is 0 Å². The molecule has 0 bridgehead atoms. The third-order valence-corrected chi connectivity index (χ3v) is 4.68. The molecule has 0 radical (unpaired) electrons. The van der Waals surface area contributed by atoms with E-state index in [0.717, 1.165) is 32.1 Å². The number of halogens is 1. The van der Waals surface area contributed by atoms with Crippen molar-refractivity contribution in [2.45, 2.75) is 65.0 Å². The molecular weight excluding hydrogens is 439 g/mol. The van der Waals surface area contributed by atoms with E-state index in [4.69, 9.17) is 9.73 Å². The monoisotopic (exact) mass is 472 g/mol. The van der Waals surface area contributed by atoms with Gasteiger partial charge in [0, 0.05) is 32.2 Å². The molecule has 0 spiro atoms. The number of nitrogens with one attached hydrogen (secondary N) is 2. The Bertz CT molecular complexity index is 581. The van der Waals surface area contributed by atoms with E-state index in [1.165, 1.54) is 24.0 Å². The highest BCUT2D eigenvalue weighted by Gasteiger charge is 2.23. The Labute approximate surface area is 175 Å². The van der Waals surface area contributed by atoms with Gasteiger partial charge in [-0.25, -0.2) is 4.99 Å². The molecule has 0 aromatic heterocycles. The molecule has 2 fully saturated rings. The SMILES string of the molecule is CCNC(=NCc1ccccc1CN1CC(C)OC(C)C1)NC1CC1.I. The van der Waals surface area contributed by atoms with Crippen molar-refractivity contribution < 1.29 is 4.74 Å². The summed E-state index contributed by atoms with van der Waals surface area (Å²) in [6, 6.07) is 9.29. The normalized spacial score (nSPS) is 24.0. The maximum atomic E-state index is 5.85. The predicted octanol–water partition coefficient (Wildman–Crippen LogP) is 3.13. The van der Waals surface area contributed by atoms with Crippen LogP contribution in [-0.4, -0.2) is 48.7 Å². The highest BCUT2D eigenvalue weighted by atomic mass is 127. The van der Waals surface area contributed by atoms with Gasteiger partial charge in [0.05, 0.1) is 18.8 Å². The second kappa shape index (κ2) is 10.5. The van der Waals surface area contributed by atoms with Crippen LogP contribution in [0.3, 0.4) is 0 Å². The number of morpholine rings is 1. The van der Waals surface area contributed by atoms with Crippen LogP contribution in [0.5, 0.6) is 0 Å². The Morgan fingerprint density at radius 1 is 1.15 bits per heavy atom. The Morgan fingerprint density at radius 3 is 2.42 bits per heavy atom. The van der Waals surface area contributed by atoms with Gasteiger partial charge in [0.1, 0.15) is 0 Å². The van der Waals surface area contributed by atoms with Gasteiger partial charge in [0.25, 0.3) is 0 Å². The van der Waals surface area contributed by atoms with Gasteiger partial charge in [0.2, 0.25) is 0 Å². The molecule has 1 saturated carbocycles. The summed E-state index contributed by atoms with van der Waals surface area (Å²) in [5, 5.41) is 6.84. The van der Waals surface area contributed by atoms with E-state index in [-0.39, 0.29) is 24.0 Å². The van der Waals surface area contributed by atoms with Crippen LogP contribution in [0.1, 0.15) is 44.7 Å². The highest BCUT2D eigenvalue weighted by molar-refractivity contribution is 14.0. The molecule has 1 aromatic carbocycles. The van der Waals surface area contributed by atoms with Gasteiger partial charge in [-0.2, -0.15) is 0 Å². The van der Waals surface area contributed by atoms with Crippen molar-refractivity contribution in [1.29, 1.82) is 0 Å². The van der Waals surface area contributed by atoms with Crippen molar-refractivity contribution in [2.75, 3.05) is 19.6 Å². The minimum Gasteiger partial charge on any atom is -0.373 e. The zero-order valence-electron chi connectivity index (χ0n) is 16.2. The third-order valence-electron chi connectivity index (χ3n) is 4.68. The van der Waals surface area contributed by atoms with Crippen LogP contribution in [-0.2, 0) is 17.8 Å². The second-order valence-electron chi connectivity index (χ2n) is 7.33. The molecule has 3 rings (SSSR count). The largest absolute Gasteiger partial charge is 0.373 e. The topological polar surface area (TPSA) is 48.9 Å². The van der Waals surface area contributed by atoms with Crippen LogP contribution in [0.4, 0.5) is 0 Å². The molecule has 0 amide bonds. The number of ether oxygens (including phenoxy) is 1. The molecule has 1 saturated heterocycles. The molecule has 1 aliphatic heterocycles. The van der Waals surface area contributed by atoms with E-state index in [2.05, 4.69) is 60.6 Å². The van der Waals surface area contributed by atoms with E-state index in [1.54, 1.807) is 0 Å². The molecule has 2 atom stereocenters. The molecule has 5 nitrogen and oxygen atoms in total. The minimum atomic E-state index is 0. The lowest BCUT2D eigenvalue weighted by atomic mass is 10.1. The van der Waals surface area contributed by atoms with E-state index in [9.17, 15) is 0 Å². The van der Waals surface area contributed by atoms with Crippen LogP contribution in [0, 0.1) is 0 Å². The molecular formula is C20H33IN4O. The summed E-state index contributed by atoms with van der Waals surface area (Å²) in [7, 11) is 0. The van der Waals surface area contributed by atoms with Crippen LogP contribution in [0.15, 0.2) is 29.3 Å². The third kappa shape index (κ3) is 6.70. The van der Waals surface area contributed by atoms with Gasteiger partial charge < -0.3 is 15.4 Å². The first-order chi connectivity index (χ1) is 12.1. The molecule has 2 N–H and O–H groups in total. The Balaban J connectivity index is 0.00000243. The average Bonchev–Trinajstić information content (AvgIpc) is 3.37. The lowest BCUT2D eigenvalue weighted by Gasteiger charge is -2.35. The first kappa shape index (κ1) is 21.4. The van der Waals surface area contributed by atoms with Crippen molar-refractivity contribution in [2.24, 2.45) is 4.99 Å². The average molecular weight is 472 g/mol. The van der Waals surface area contributed by atoms with Gasteiger partial charge in [-0.05, 0) is 44.7 Å². The molecule has 26 heavy (non-hydrogen) atoms. The summed E-state index contributed by atoms with van der Waals surface area (Å²) in [4.78, 5) is 7.29. The molecule has 1 heterocycles. The fourth-order valence-corrected chi connectivity index (χ4v) is 3.43. The molecule has 2 aliphatic rings. The van der Waals surface area contributed by atoms with E-state index < -0.39 is 0 Å². The molecule has 6 heteroatoms. The lowest BCUT2D eigenvalue weighted by Crippen LogP contribution is -2.44. The summed E-state index contributed by atoms with van der Waals surface area (Å²) in [5.74, 6) is 0.938. The van der Waals surface area contributed by atoms with E-state index in [1.807, 2.05) is 0 Å². The Morgan fingerprint density at radius 2 is 1.81 bits per heavy atom. The van der Waals surface area contributed by atoms with Crippen LogP contribution < -0.4 is 10.6 Å². The molecule has 146 valence electrons. The number of rotatable bonds is 6. The quantitative estimate of drug-likeness (QED) is 0.380. The summed E-state index contributed by atoms with van der Waals surface area (Å²) in [5.41, 5.74) is 2.68. The first-order valence-corrected chi connectivity index (χ1v) is 9.63. The number of hydrogen-bond donors (Lipinski definition) is 2. The Kier molecular flexibility index (Phi) is 8.63. The van der Waals surface area contributed by atoms with Crippen molar-refractivity contribution >= 4 is 29.9 Å². The smallest absolute Gasteiger partial charge is 0.191 e. The summed E-state index contributed by atoms with van der Waals surface area (Å²) >= 11 is 0. The number of aliphatic imine (C=N–C) groups is 1. The molecule has 2 unspecified atom stereocenters. The maximum Gasteiger partial charge on any atom is 0.191 e. The van der Waals surface area contributed by atoms with Crippen molar-refractivity contribution in [3.63, 3.8) is 0 Å². The fourth-order valence-electron chi connectivity index (χ4n) is 3.43. The standard InChI is InChI=1S/C20H32N4O.HI/c1-4-21-20(23-19-9-10-19)22-11-17-7-5-6-8-18(17)14-24-12-15(2)25-16(3)13-24;/h5-8,15-16,19H,4,9-14H2,1-3H3,(H2,21,22,23);1H. The molecule has 1 aromatic rings. The maximum absolute atomic E-state index is 5.85. The van der Waals surface area contributed by atoms with Crippen LogP contribution in [0.2, 0.25) is 0 Å².